The number of aromatic nitrogens is 3. The zero-order valence-corrected chi connectivity index (χ0v) is 26.5. The van der Waals surface area contributed by atoms with Crippen LogP contribution in [0.5, 0.6) is 11.5 Å². The number of nitrogens with one attached hydrogen (secondary N) is 3. The summed E-state index contributed by atoms with van der Waals surface area (Å²) in [4.78, 5) is 23.9. The first kappa shape index (κ1) is 31.6. The summed E-state index contributed by atoms with van der Waals surface area (Å²) in [6.45, 7) is 6.15. The van der Waals surface area contributed by atoms with E-state index in [2.05, 4.69) is 46.5 Å². The standard InChI is InChI=1S/C34H42N8O3/c1-34(2,3)27-19-26(41-45-27)30(42(4)5)33(43)40-23-15-13-22(14-16-23)39-32-28(31(36)37-20-38-32)29(35)21-11-17-25(18-12-21)44-24-9-7-6-8-10-24/h6-12,17-20,22-23,30,35H,13-16H2,1-5H3,(H,40,43)(H3,36,37,38,39). The highest BCUT2D eigenvalue weighted by Gasteiger charge is 2.32. The lowest BCUT2D eigenvalue weighted by Crippen LogP contribution is -2.45. The second-order valence-corrected chi connectivity index (χ2v) is 12.7. The van der Waals surface area contributed by atoms with Gasteiger partial charge in [-0.25, -0.2) is 9.97 Å². The van der Waals surface area contributed by atoms with Crippen LogP contribution < -0.4 is 21.1 Å². The van der Waals surface area contributed by atoms with Crippen LogP contribution in [-0.4, -0.2) is 57.8 Å². The van der Waals surface area contributed by atoms with Crippen LogP contribution in [0.25, 0.3) is 0 Å². The average molecular weight is 611 g/mol. The Kier molecular flexibility index (Phi) is 9.48. The first-order valence-electron chi connectivity index (χ1n) is 15.2. The molecule has 11 heteroatoms. The second kappa shape index (κ2) is 13.5. The van der Waals surface area contributed by atoms with Crippen molar-refractivity contribution < 1.29 is 14.1 Å². The number of hydrogen-bond acceptors (Lipinski definition) is 10. The molecular weight excluding hydrogens is 568 g/mol. The molecular formula is C34H42N8O3. The van der Waals surface area contributed by atoms with E-state index in [1.165, 1.54) is 6.33 Å². The zero-order valence-electron chi connectivity index (χ0n) is 26.5. The fourth-order valence-corrected chi connectivity index (χ4v) is 5.47. The van der Waals surface area contributed by atoms with E-state index in [0.717, 1.165) is 37.2 Å². The summed E-state index contributed by atoms with van der Waals surface area (Å²) in [6, 6.07) is 18.3. The van der Waals surface area contributed by atoms with Crippen LogP contribution in [0.1, 0.15) is 75.1 Å². The van der Waals surface area contributed by atoms with E-state index in [1.807, 2.05) is 79.7 Å². The van der Waals surface area contributed by atoms with Crippen molar-refractivity contribution in [3.63, 3.8) is 0 Å². The highest BCUT2D eigenvalue weighted by molar-refractivity contribution is 6.16. The maximum atomic E-state index is 13.4. The normalized spacial score (nSPS) is 17.5. The van der Waals surface area contributed by atoms with Gasteiger partial charge in [0.05, 0.1) is 11.3 Å². The Morgan fingerprint density at radius 3 is 2.27 bits per heavy atom. The summed E-state index contributed by atoms with van der Waals surface area (Å²) in [7, 11) is 3.73. The molecule has 236 valence electrons. The third kappa shape index (κ3) is 7.66. The number of nitrogen functional groups attached to an aromatic ring is 1. The topological polar surface area (TPSA) is 155 Å². The Bertz CT molecular complexity index is 1600. The van der Waals surface area contributed by atoms with Gasteiger partial charge in [-0.15, -0.1) is 0 Å². The van der Waals surface area contributed by atoms with Gasteiger partial charge in [0.25, 0.3) is 0 Å². The molecule has 45 heavy (non-hydrogen) atoms. The van der Waals surface area contributed by atoms with Crippen molar-refractivity contribution in [2.75, 3.05) is 25.1 Å². The number of carbonyl (C=O) groups excluding carboxylic acids is 1. The van der Waals surface area contributed by atoms with Crippen molar-refractivity contribution in [2.24, 2.45) is 0 Å². The minimum Gasteiger partial charge on any atom is -0.457 e. The fourth-order valence-electron chi connectivity index (χ4n) is 5.47. The molecule has 1 saturated carbocycles. The molecule has 0 bridgehead atoms. The van der Waals surface area contributed by atoms with Crippen LogP contribution in [0.3, 0.4) is 0 Å². The Balaban J connectivity index is 1.20. The summed E-state index contributed by atoms with van der Waals surface area (Å²) in [6.07, 6.45) is 4.64. The lowest BCUT2D eigenvalue weighted by atomic mass is 9.90. The number of amides is 1. The van der Waals surface area contributed by atoms with E-state index in [-0.39, 0.29) is 34.9 Å². The molecule has 0 saturated heterocycles. The minimum absolute atomic E-state index is 0.0387. The molecule has 5 rings (SSSR count). The Labute approximate surface area is 264 Å². The fraction of sp³-hybridized carbons (Fsp3) is 0.382. The summed E-state index contributed by atoms with van der Waals surface area (Å²) >= 11 is 0. The predicted molar refractivity (Wildman–Crippen MR) is 175 cm³/mol. The molecule has 1 aliphatic carbocycles. The number of anilines is 2. The van der Waals surface area contributed by atoms with E-state index >= 15 is 0 Å². The minimum atomic E-state index is -0.544. The van der Waals surface area contributed by atoms with E-state index in [1.54, 1.807) is 0 Å². The molecule has 0 radical (unpaired) electrons. The van der Waals surface area contributed by atoms with Gasteiger partial charge < -0.3 is 25.6 Å². The maximum Gasteiger partial charge on any atom is 0.243 e. The Morgan fingerprint density at radius 2 is 1.64 bits per heavy atom. The van der Waals surface area contributed by atoms with E-state index in [0.29, 0.717) is 28.4 Å². The Morgan fingerprint density at radius 1 is 1.00 bits per heavy atom. The average Bonchev–Trinajstić information content (AvgIpc) is 3.49. The van der Waals surface area contributed by atoms with Gasteiger partial charge in [0.2, 0.25) is 5.91 Å². The van der Waals surface area contributed by atoms with Crippen molar-refractivity contribution in [1.82, 2.24) is 25.3 Å². The first-order valence-corrected chi connectivity index (χ1v) is 15.2. The van der Waals surface area contributed by atoms with Crippen LogP contribution in [0.2, 0.25) is 0 Å². The third-order valence-electron chi connectivity index (χ3n) is 7.98. The molecule has 1 unspecified atom stereocenters. The van der Waals surface area contributed by atoms with Crippen molar-refractivity contribution in [3.05, 3.63) is 89.6 Å². The van der Waals surface area contributed by atoms with Gasteiger partial charge in [-0.2, -0.15) is 0 Å². The van der Waals surface area contributed by atoms with Gasteiger partial charge in [0.15, 0.2) is 0 Å². The Hall–Kier alpha value is -4.77. The van der Waals surface area contributed by atoms with E-state index in [4.69, 9.17) is 20.4 Å². The van der Waals surface area contributed by atoms with Gasteiger partial charge in [-0.1, -0.05) is 44.1 Å². The molecule has 1 aliphatic rings. The molecule has 1 fully saturated rings. The number of nitrogens with two attached hydrogens (primary N) is 1. The number of ether oxygens (including phenoxy) is 1. The monoisotopic (exact) mass is 610 g/mol. The molecule has 2 heterocycles. The third-order valence-corrected chi connectivity index (χ3v) is 7.98. The molecule has 2 aromatic heterocycles. The van der Waals surface area contributed by atoms with Crippen molar-refractivity contribution in [1.29, 1.82) is 5.41 Å². The van der Waals surface area contributed by atoms with Gasteiger partial charge in [0, 0.05) is 29.1 Å². The van der Waals surface area contributed by atoms with Crippen LogP contribution >= 0.6 is 0 Å². The van der Waals surface area contributed by atoms with Crippen molar-refractivity contribution in [2.45, 2.75) is 70.0 Å². The lowest BCUT2D eigenvalue weighted by molar-refractivity contribution is -0.126. The molecule has 11 nitrogen and oxygen atoms in total. The number of nitrogens with zero attached hydrogens (tertiary/aromatic N) is 4. The largest absolute Gasteiger partial charge is 0.457 e. The molecule has 4 aromatic rings. The van der Waals surface area contributed by atoms with Gasteiger partial charge in [0.1, 0.15) is 47.0 Å². The van der Waals surface area contributed by atoms with Crippen LogP contribution in [-0.2, 0) is 10.2 Å². The quantitative estimate of drug-likeness (QED) is 0.166. The van der Waals surface area contributed by atoms with Gasteiger partial charge in [-0.05, 0) is 76.2 Å². The van der Waals surface area contributed by atoms with Crippen LogP contribution in [0, 0.1) is 5.41 Å². The molecule has 1 atom stereocenters. The maximum absolute atomic E-state index is 13.4. The smallest absolute Gasteiger partial charge is 0.243 e. The number of rotatable bonds is 10. The number of carbonyl (C=O) groups is 1. The van der Waals surface area contributed by atoms with Gasteiger partial charge >= 0.3 is 0 Å². The van der Waals surface area contributed by atoms with Crippen molar-refractivity contribution >= 4 is 23.3 Å². The van der Waals surface area contributed by atoms with E-state index in [9.17, 15) is 4.79 Å². The summed E-state index contributed by atoms with van der Waals surface area (Å²) in [5, 5.41) is 19.9. The van der Waals surface area contributed by atoms with E-state index < -0.39 is 6.04 Å². The summed E-state index contributed by atoms with van der Waals surface area (Å²) in [5.74, 6) is 2.83. The summed E-state index contributed by atoms with van der Waals surface area (Å²) < 4.78 is 11.4. The molecule has 0 spiro atoms. The number of benzene rings is 2. The second-order valence-electron chi connectivity index (χ2n) is 12.7. The molecule has 5 N–H and O–H groups in total. The molecule has 0 aliphatic heterocycles. The predicted octanol–water partition coefficient (Wildman–Crippen LogP) is 5.69. The zero-order chi connectivity index (χ0) is 32.1. The highest BCUT2D eigenvalue weighted by Crippen LogP contribution is 2.30. The number of para-hydroxylation sites is 1. The van der Waals surface area contributed by atoms with Crippen LogP contribution in [0.4, 0.5) is 11.6 Å². The molecule has 1 amide bonds. The highest BCUT2D eigenvalue weighted by atomic mass is 16.5. The van der Waals surface area contributed by atoms with Gasteiger partial charge in [-0.3, -0.25) is 15.1 Å². The first-order chi connectivity index (χ1) is 21.5. The lowest BCUT2D eigenvalue weighted by Gasteiger charge is -2.32. The SMILES string of the molecule is CN(C)C(C(=O)NC1CCC(Nc2ncnc(N)c2C(=N)c2ccc(Oc3ccccc3)cc2)CC1)c1cc(C(C)(C)C)on1. The summed E-state index contributed by atoms with van der Waals surface area (Å²) in [5.41, 5.74) is 8.04. The number of hydrogen-bond donors (Lipinski definition) is 4. The van der Waals surface area contributed by atoms with Crippen molar-refractivity contribution in [3.8, 4) is 11.5 Å². The number of likely N-dealkylation sites (N-methyl/N-ethyl adjacent to an activating group) is 1. The van der Waals surface area contributed by atoms with Crippen LogP contribution in [0.15, 0.2) is 71.5 Å². The molecule has 2 aromatic carbocycles.